The second kappa shape index (κ2) is 8.43. The molecule has 3 aromatic rings. The Balaban J connectivity index is 1.40. The van der Waals surface area contributed by atoms with Crippen molar-refractivity contribution in [1.82, 2.24) is 15.3 Å². The molecule has 1 saturated carbocycles. The molecule has 31 heavy (non-hydrogen) atoms. The number of nitrogens with zero attached hydrogens (tertiary/aromatic N) is 2. The summed E-state index contributed by atoms with van der Waals surface area (Å²) in [6.07, 6.45) is 2.61. The van der Waals surface area contributed by atoms with Gasteiger partial charge in [-0.05, 0) is 51.0 Å². The lowest BCUT2D eigenvalue weighted by atomic mass is 10.1. The normalized spacial score (nSPS) is 15.4. The van der Waals surface area contributed by atoms with E-state index in [0.29, 0.717) is 34.0 Å². The number of carbonyl (C=O) groups is 1. The van der Waals surface area contributed by atoms with E-state index in [2.05, 4.69) is 27.5 Å². The van der Waals surface area contributed by atoms with E-state index in [4.69, 9.17) is 13.9 Å². The summed E-state index contributed by atoms with van der Waals surface area (Å²) in [6.45, 7) is 3.87. The average Bonchev–Trinajstić information content (AvgIpc) is 3.38. The Kier molecular flexibility index (Phi) is 5.69. The molecule has 3 N–H and O–H groups in total. The third-order valence-electron chi connectivity index (χ3n) is 5.31. The summed E-state index contributed by atoms with van der Waals surface area (Å²) < 4.78 is 16.3. The number of amides is 1. The van der Waals surface area contributed by atoms with Gasteiger partial charge in [-0.25, -0.2) is 9.97 Å². The second-order valence-corrected chi connectivity index (χ2v) is 7.97. The molecule has 0 bridgehead atoms. The van der Waals surface area contributed by atoms with Gasteiger partial charge < -0.3 is 29.6 Å². The Labute approximate surface area is 179 Å². The average molecular weight is 426 g/mol. The maximum atomic E-state index is 12.9. The molecule has 0 aliphatic heterocycles. The van der Waals surface area contributed by atoms with Crippen molar-refractivity contribution in [2.75, 3.05) is 25.6 Å². The fraction of sp³-hybridized carbons (Fsp3) is 0.409. The number of ether oxygens (including phenoxy) is 2. The number of anilines is 1. The maximum Gasteiger partial charge on any atom is 0.255 e. The van der Waals surface area contributed by atoms with E-state index in [0.717, 1.165) is 18.6 Å². The molecule has 4 rings (SSSR count). The van der Waals surface area contributed by atoms with Crippen molar-refractivity contribution in [1.29, 1.82) is 0 Å². The summed E-state index contributed by atoms with van der Waals surface area (Å²) in [7, 11) is 1.59. The van der Waals surface area contributed by atoms with E-state index in [1.165, 1.54) is 6.33 Å². The van der Waals surface area contributed by atoms with Gasteiger partial charge in [-0.15, -0.1) is 0 Å². The molecule has 0 saturated heterocycles. The highest BCUT2D eigenvalue weighted by molar-refractivity contribution is 6.10. The van der Waals surface area contributed by atoms with E-state index in [-0.39, 0.29) is 24.6 Å². The van der Waals surface area contributed by atoms with Gasteiger partial charge in [0.1, 0.15) is 42.1 Å². The summed E-state index contributed by atoms with van der Waals surface area (Å²) in [6, 6.07) is 7.04. The van der Waals surface area contributed by atoms with Gasteiger partial charge in [0.25, 0.3) is 5.91 Å². The molecule has 2 aromatic heterocycles. The third kappa shape index (κ3) is 4.72. The largest absolute Gasteiger partial charge is 0.497 e. The van der Waals surface area contributed by atoms with Crippen molar-refractivity contribution in [3.63, 3.8) is 0 Å². The van der Waals surface area contributed by atoms with Crippen LogP contribution in [0.1, 0.15) is 35.9 Å². The minimum Gasteiger partial charge on any atom is -0.497 e. The first-order valence-electron chi connectivity index (χ1n) is 10.1. The van der Waals surface area contributed by atoms with Gasteiger partial charge in [0.05, 0.1) is 18.1 Å². The van der Waals surface area contributed by atoms with E-state index in [9.17, 15) is 9.90 Å². The summed E-state index contributed by atoms with van der Waals surface area (Å²) in [5.74, 6) is 1.98. The number of carbonyl (C=O) groups excluding carboxylic acids is 1. The van der Waals surface area contributed by atoms with Crippen LogP contribution in [0.5, 0.6) is 11.5 Å². The number of hydrogen-bond donors (Lipinski definition) is 3. The van der Waals surface area contributed by atoms with Crippen molar-refractivity contribution in [3.05, 3.63) is 41.9 Å². The highest BCUT2D eigenvalue weighted by Crippen LogP contribution is 2.40. The smallest absolute Gasteiger partial charge is 0.255 e. The number of aryl methyl sites for hydroxylation is 1. The number of rotatable bonds is 9. The molecule has 1 aliphatic rings. The van der Waals surface area contributed by atoms with Gasteiger partial charge in [0.15, 0.2) is 0 Å². The molecule has 1 aliphatic carbocycles. The number of benzene rings is 1. The fourth-order valence-corrected chi connectivity index (χ4v) is 3.23. The SMILES string of the molecule is COc1ccc(OCC(O)CNC(=O)c2c(C)oc3ncnc(NC4(C)CC4)c23)cc1. The fourth-order valence-electron chi connectivity index (χ4n) is 3.23. The minimum absolute atomic E-state index is 0.0187. The molecule has 0 spiro atoms. The highest BCUT2D eigenvalue weighted by atomic mass is 16.5. The molecule has 164 valence electrons. The second-order valence-electron chi connectivity index (χ2n) is 7.97. The minimum atomic E-state index is -0.885. The van der Waals surface area contributed by atoms with Crippen molar-refractivity contribution in [2.24, 2.45) is 0 Å². The third-order valence-corrected chi connectivity index (χ3v) is 5.31. The van der Waals surface area contributed by atoms with Crippen molar-refractivity contribution in [3.8, 4) is 11.5 Å². The molecule has 9 heteroatoms. The summed E-state index contributed by atoms with van der Waals surface area (Å²) in [5.41, 5.74) is 0.702. The Bertz CT molecular complexity index is 1080. The first kappa shape index (κ1) is 20.9. The van der Waals surface area contributed by atoms with Crippen LogP contribution in [0, 0.1) is 6.92 Å². The molecule has 2 heterocycles. The van der Waals surface area contributed by atoms with Crippen LogP contribution in [-0.2, 0) is 0 Å². The topological polar surface area (TPSA) is 119 Å². The van der Waals surface area contributed by atoms with Gasteiger partial charge in [0.2, 0.25) is 5.71 Å². The van der Waals surface area contributed by atoms with E-state index in [1.807, 2.05) is 0 Å². The Hall–Kier alpha value is -3.33. The van der Waals surface area contributed by atoms with E-state index < -0.39 is 6.10 Å². The first-order chi connectivity index (χ1) is 14.9. The number of furan rings is 1. The van der Waals surface area contributed by atoms with Gasteiger partial charge in [-0.3, -0.25) is 4.79 Å². The lowest BCUT2D eigenvalue weighted by Gasteiger charge is -2.15. The molecule has 1 aromatic carbocycles. The van der Waals surface area contributed by atoms with E-state index in [1.54, 1.807) is 38.3 Å². The molecular formula is C22H26N4O5. The molecule has 9 nitrogen and oxygen atoms in total. The number of fused-ring (bicyclic) bond motifs is 1. The number of aliphatic hydroxyl groups excluding tert-OH is 1. The predicted octanol–water partition coefficient (Wildman–Crippen LogP) is 2.67. The van der Waals surface area contributed by atoms with Gasteiger partial charge >= 0.3 is 0 Å². The molecule has 0 radical (unpaired) electrons. The van der Waals surface area contributed by atoms with Crippen LogP contribution < -0.4 is 20.1 Å². The van der Waals surface area contributed by atoms with Crippen LogP contribution in [0.2, 0.25) is 0 Å². The van der Waals surface area contributed by atoms with Crippen LogP contribution in [0.4, 0.5) is 5.82 Å². The zero-order valence-electron chi connectivity index (χ0n) is 17.8. The van der Waals surface area contributed by atoms with Crippen LogP contribution >= 0.6 is 0 Å². The predicted molar refractivity (Wildman–Crippen MR) is 115 cm³/mol. The monoisotopic (exact) mass is 426 g/mol. The summed E-state index contributed by atoms with van der Waals surface area (Å²) >= 11 is 0. The number of aromatic nitrogens is 2. The standard InChI is InChI=1S/C22H26N4O5/c1-13-17(18-19(26-22(2)8-9-22)24-12-25-21(18)31-13)20(28)23-10-14(27)11-30-16-6-4-15(29-3)5-7-16/h4-7,12,14,27H,8-11H2,1-3H3,(H,23,28)(H,24,25,26). The van der Waals surface area contributed by atoms with Crippen LogP contribution in [0.15, 0.2) is 35.0 Å². The van der Waals surface area contributed by atoms with Crippen LogP contribution in [-0.4, -0.2) is 52.9 Å². The Morgan fingerprint density at radius 2 is 1.97 bits per heavy atom. The maximum absolute atomic E-state index is 12.9. The lowest BCUT2D eigenvalue weighted by molar-refractivity contribution is 0.0843. The van der Waals surface area contributed by atoms with Crippen LogP contribution in [0.3, 0.4) is 0 Å². The molecule has 1 amide bonds. The molecule has 1 fully saturated rings. The van der Waals surface area contributed by atoms with Crippen molar-refractivity contribution in [2.45, 2.75) is 38.3 Å². The zero-order valence-corrected chi connectivity index (χ0v) is 17.8. The van der Waals surface area contributed by atoms with Crippen molar-refractivity contribution < 1.29 is 23.8 Å². The number of aliphatic hydroxyl groups is 1. The molecule has 1 unspecified atom stereocenters. The van der Waals surface area contributed by atoms with Crippen LogP contribution in [0.25, 0.3) is 11.1 Å². The number of methoxy groups -OCH3 is 1. The quantitative estimate of drug-likeness (QED) is 0.478. The van der Waals surface area contributed by atoms with Gasteiger partial charge in [-0.1, -0.05) is 0 Å². The summed E-state index contributed by atoms with van der Waals surface area (Å²) in [4.78, 5) is 21.4. The van der Waals surface area contributed by atoms with Gasteiger partial charge in [0, 0.05) is 12.1 Å². The van der Waals surface area contributed by atoms with Gasteiger partial charge in [-0.2, -0.15) is 0 Å². The Morgan fingerprint density at radius 1 is 1.26 bits per heavy atom. The van der Waals surface area contributed by atoms with Crippen molar-refractivity contribution >= 4 is 22.8 Å². The summed E-state index contributed by atoms with van der Waals surface area (Å²) in [5, 5.41) is 16.9. The van der Waals surface area contributed by atoms with E-state index >= 15 is 0 Å². The molecular weight excluding hydrogens is 400 g/mol. The molecule has 1 atom stereocenters. The zero-order chi connectivity index (χ0) is 22.0. The first-order valence-corrected chi connectivity index (χ1v) is 10.1. The lowest BCUT2D eigenvalue weighted by Crippen LogP contribution is -2.35. The highest BCUT2D eigenvalue weighted by Gasteiger charge is 2.38. The number of nitrogens with one attached hydrogen (secondary N) is 2. The number of hydrogen-bond acceptors (Lipinski definition) is 8. The Morgan fingerprint density at radius 3 is 2.65 bits per heavy atom.